The van der Waals surface area contributed by atoms with Crippen LogP contribution >= 0.6 is 0 Å². The number of ether oxygens (including phenoxy) is 2. The number of aromatic nitrogens is 1. The molecule has 2 aromatic rings. The van der Waals surface area contributed by atoms with Crippen molar-refractivity contribution < 1.29 is 32.2 Å². The Morgan fingerprint density at radius 3 is 2.55 bits per heavy atom. The van der Waals surface area contributed by atoms with Crippen LogP contribution in [-0.2, 0) is 16.1 Å². The zero-order valence-electron chi connectivity index (χ0n) is 16.0. The number of nitrogens with zero attached hydrogens (tertiary/aromatic N) is 1. The van der Waals surface area contributed by atoms with Crippen molar-refractivity contribution in [2.75, 3.05) is 6.61 Å². The smallest absolute Gasteiger partial charge is 0.452 e. The Balaban J connectivity index is 1.53. The molecule has 1 saturated carbocycles. The molecule has 1 aromatic carbocycles. The van der Waals surface area contributed by atoms with Crippen molar-refractivity contribution in [3.8, 4) is 5.75 Å². The molecule has 9 heteroatoms. The van der Waals surface area contributed by atoms with E-state index in [0.717, 1.165) is 30.3 Å². The maximum Gasteiger partial charge on any atom is 0.573 e. The van der Waals surface area contributed by atoms with Gasteiger partial charge in [-0.2, -0.15) is 0 Å². The molecule has 0 unspecified atom stereocenters. The topological polar surface area (TPSA) is 69.6 Å². The number of carbonyl (C=O) groups excluding carboxylic acids is 2. The van der Waals surface area contributed by atoms with E-state index < -0.39 is 30.6 Å². The lowest BCUT2D eigenvalue weighted by Crippen LogP contribution is -2.29. The van der Waals surface area contributed by atoms with Gasteiger partial charge >= 0.3 is 12.3 Å². The van der Waals surface area contributed by atoms with E-state index in [0.29, 0.717) is 11.6 Å². The number of carbonyl (C=O) groups is 2. The lowest BCUT2D eigenvalue weighted by Gasteiger charge is -2.13. The Kier molecular flexibility index (Phi) is 5.86. The fourth-order valence-electron chi connectivity index (χ4n) is 3.21. The van der Waals surface area contributed by atoms with Gasteiger partial charge in [0.15, 0.2) is 6.61 Å². The van der Waals surface area contributed by atoms with Gasteiger partial charge in [-0.25, -0.2) is 4.79 Å². The standard InChI is InChI=1S/C20H21F3N2O4/c1-12-9-16(13(2)25(12)15-7-8-15)19(27)28-11-18(26)24-10-14-5-3-4-6-17(14)29-20(21,22)23/h3-6,9,15H,7-8,10-11H2,1-2H3,(H,24,26). The minimum Gasteiger partial charge on any atom is -0.452 e. The van der Waals surface area contributed by atoms with E-state index in [4.69, 9.17) is 4.74 Å². The zero-order chi connectivity index (χ0) is 21.2. The number of amides is 1. The summed E-state index contributed by atoms with van der Waals surface area (Å²) in [7, 11) is 0. The Bertz CT molecular complexity index is 917. The van der Waals surface area contributed by atoms with E-state index in [1.807, 2.05) is 13.8 Å². The lowest BCUT2D eigenvalue weighted by atomic mass is 10.2. The number of benzene rings is 1. The Morgan fingerprint density at radius 1 is 1.21 bits per heavy atom. The van der Waals surface area contributed by atoms with Crippen molar-refractivity contribution in [3.63, 3.8) is 0 Å². The second-order valence-corrected chi connectivity index (χ2v) is 6.89. The maximum atomic E-state index is 12.4. The molecule has 29 heavy (non-hydrogen) atoms. The number of alkyl halides is 3. The third kappa shape index (κ3) is 5.30. The fourth-order valence-corrected chi connectivity index (χ4v) is 3.21. The van der Waals surface area contributed by atoms with Gasteiger partial charge in [-0.1, -0.05) is 18.2 Å². The number of nitrogens with one attached hydrogen (secondary N) is 1. The first-order chi connectivity index (χ1) is 13.7. The SMILES string of the molecule is Cc1cc(C(=O)OCC(=O)NCc2ccccc2OC(F)(F)F)c(C)n1C1CC1. The number of esters is 1. The van der Waals surface area contributed by atoms with Crippen LogP contribution < -0.4 is 10.1 Å². The van der Waals surface area contributed by atoms with E-state index in [-0.39, 0.29) is 12.1 Å². The van der Waals surface area contributed by atoms with Gasteiger partial charge in [0.2, 0.25) is 0 Å². The number of aryl methyl sites for hydroxylation is 1. The first kappa shape index (κ1) is 20.8. The first-order valence-electron chi connectivity index (χ1n) is 9.11. The molecule has 1 N–H and O–H groups in total. The predicted octanol–water partition coefficient (Wildman–Crippen LogP) is 3.81. The number of hydrogen-bond donors (Lipinski definition) is 1. The van der Waals surface area contributed by atoms with Crippen molar-refractivity contribution in [2.45, 2.75) is 45.6 Å². The summed E-state index contributed by atoms with van der Waals surface area (Å²) >= 11 is 0. The van der Waals surface area contributed by atoms with Crippen molar-refractivity contribution in [2.24, 2.45) is 0 Å². The van der Waals surface area contributed by atoms with Crippen molar-refractivity contribution in [3.05, 3.63) is 52.8 Å². The van der Waals surface area contributed by atoms with Crippen LogP contribution in [0.5, 0.6) is 5.75 Å². The van der Waals surface area contributed by atoms with Crippen LogP contribution in [0.15, 0.2) is 30.3 Å². The van der Waals surface area contributed by atoms with Gasteiger partial charge in [-0.15, -0.1) is 13.2 Å². The quantitative estimate of drug-likeness (QED) is 0.705. The third-order valence-corrected chi connectivity index (χ3v) is 4.62. The van der Waals surface area contributed by atoms with E-state index in [1.165, 1.54) is 18.2 Å². The normalized spacial score (nSPS) is 13.8. The summed E-state index contributed by atoms with van der Waals surface area (Å²) < 4.78 is 48.4. The molecule has 1 aromatic heterocycles. The molecular formula is C20H21F3N2O4. The summed E-state index contributed by atoms with van der Waals surface area (Å²) in [6, 6.07) is 7.63. The summed E-state index contributed by atoms with van der Waals surface area (Å²) in [6.07, 6.45) is -2.68. The number of rotatable bonds is 7. The van der Waals surface area contributed by atoms with Crippen molar-refractivity contribution in [1.82, 2.24) is 9.88 Å². The minimum atomic E-state index is -4.83. The first-order valence-corrected chi connectivity index (χ1v) is 9.11. The average molecular weight is 410 g/mol. The molecule has 1 heterocycles. The predicted molar refractivity (Wildman–Crippen MR) is 97.4 cm³/mol. The lowest BCUT2D eigenvalue weighted by molar-refractivity contribution is -0.274. The molecule has 6 nitrogen and oxygen atoms in total. The highest BCUT2D eigenvalue weighted by atomic mass is 19.4. The monoisotopic (exact) mass is 410 g/mol. The van der Waals surface area contributed by atoms with Crippen LogP contribution in [-0.4, -0.2) is 29.4 Å². The Morgan fingerprint density at radius 2 is 1.90 bits per heavy atom. The van der Waals surface area contributed by atoms with Gasteiger partial charge in [-0.3, -0.25) is 4.79 Å². The number of para-hydroxylation sites is 1. The highest BCUT2D eigenvalue weighted by Gasteiger charge is 2.32. The Labute approximate surface area is 165 Å². The second kappa shape index (κ2) is 8.18. The molecule has 0 saturated heterocycles. The van der Waals surface area contributed by atoms with Crippen molar-refractivity contribution >= 4 is 11.9 Å². The van der Waals surface area contributed by atoms with Crippen LogP contribution in [0.4, 0.5) is 13.2 Å². The molecule has 0 spiro atoms. The van der Waals surface area contributed by atoms with Crippen LogP contribution in [0.2, 0.25) is 0 Å². The van der Waals surface area contributed by atoms with Crippen LogP contribution in [0.1, 0.15) is 46.2 Å². The van der Waals surface area contributed by atoms with E-state index in [9.17, 15) is 22.8 Å². The molecule has 0 bridgehead atoms. The molecule has 1 aliphatic carbocycles. The van der Waals surface area contributed by atoms with Gasteiger partial charge in [0.1, 0.15) is 5.75 Å². The largest absolute Gasteiger partial charge is 0.573 e. The van der Waals surface area contributed by atoms with Crippen molar-refractivity contribution in [1.29, 1.82) is 0 Å². The summed E-state index contributed by atoms with van der Waals surface area (Å²) in [6.45, 7) is 3.02. The average Bonchev–Trinajstić information content (AvgIpc) is 3.42. The second-order valence-electron chi connectivity index (χ2n) is 6.89. The molecule has 0 aliphatic heterocycles. The van der Waals surface area contributed by atoms with Gasteiger partial charge in [0.05, 0.1) is 5.56 Å². The van der Waals surface area contributed by atoms with E-state index in [1.54, 1.807) is 6.07 Å². The van der Waals surface area contributed by atoms with Crippen LogP contribution in [0.25, 0.3) is 0 Å². The summed E-state index contributed by atoms with van der Waals surface area (Å²) in [5, 5.41) is 2.42. The highest BCUT2D eigenvalue weighted by Crippen LogP contribution is 2.38. The van der Waals surface area contributed by atoms with Gasteiger partial charge in [0, 0.05) is 29.5 Å². The van der Waals surface area contributed by atoms with Gasteiger partial charge < -0.3 is 19.4 Å². The van der Waals surface area contributed by atoms with Crippen LogP contribution in [0.3, 0.4) is 0 Å². The summed E-state index contributed by atoms with van der Waals surface area (Å²) in [5.74, 6) is -1.64. The zero-order valence-corrected chi connectivity index (χ0v) is 16.0. The Hall–Kier alpha value is -2.97. The van der Waals surface area contributed by atoms with E-state index in [2.05, 4.69) is 14.6 Å². The fraction of sp³-hybridized carbons (Fsp3) is 0.400. The summed E-state index contributed by atoms with van der Waals surface area (Å²) in [5.41, 5.74) is 2.32. The maximum absolute atomic E-state index is 12.4. The molecule has 1 amide bonds. The number of hydrogen-bond acceptors (Lipinski definition) is 4. The molecule has 0 radical (unpaired) electrons. The molecule has 3 rings (SSSR count). The van der Waals surface area contributed by atoms with E-state index >= 15 is 0 Å². The third-order valence-electron chi connectivity index (χ3n) is 4.62. The molecule has 0 atom stereocenters. The van der Waals surface area contributed by atoms with Gasteiger partial charge in [0.25, 0.3) is 5.91 Å². The molecule has 156 valence electrons. The molecule has 1 fully saturated rings. The molecule has 1 aliphatic rings. The highest BCUT2D eigenvalue weighted by molar-refractivity contribution is 5.92. The van der Waals surface area contributed by atoms with Gasteiger partial charge in [-0.05, 0) is 38.8 Å². The molecular weight excluding hydrogens is 389 g/mol. The minimum absolute atomic E-state index is 0.150. The van der Waals surface area contributed by atoms with Crippen LogP contribution in [0, 0.1) is 13.8 Å². The summed E-state index contributed by atoms with van der Waals surface area (Å²) in [4.78, 5) is 24.3. The number of halogens is 3.